The Morgan fingerprint density at radius 2 is 1.61 bits per heavy atom. The van der Waals surface area contributed by atoms with Gasteiger partial charge in [-0.25, -0.2) is 0 Å². The Labute approximate surface area is 139 Å². The van der Waals surface area contributed by atoms with Crippen molar-refractivity contribution in [2.24, 2.45) is 0 Å². The summed E-state index contributed by atoms with van der Waals surface area (Å²) in [6.07, 6.45) is 0.151. The Morgan fingerprint density at radius 1 is 0.783 bits per heavy atom. The standard InChI is InChI=1S/C20H15NOS/c1-2-6-13(7-3-1)21-14-10-11-17-16(12-14)20-19(22-17)15-8-4-5-9-18(15)23-20/h1-12,19-21H. The molecule has 0 aliphatic carbocycles. The zero-order chi connectivity index (χ0) is 15.2. The lowest BCUT2D eigenvalue weighted by Crippen LogP contribution is -2.01. The molecule has 2 aliphatic heterocycles. The average Bonchev–Trinajstić information content (AvgIpc) is 3.12. The molecule has 2 nitrogen and oxygen atoms in total. The average molecular weight is 317 g/mol. The van der Waals surface area contributed by atoms with Crippen molar-refractivity contribution < 1.29 is 4.74 Å². The minimum absolute atomic E-state index is 0.151. The number of anilines is 2. The first-order valence-corrected chi connectivity index (χ1v) is 8.65. The van der Waals surface area contributed by atoms with Crippen LogP contribution in [0.5, 0.6) is 5.75 Å². The lowest BCUT2D eigenvalue weighted by atomic mass is 10.0. The van der Waals surface area contributed by atoms with Gasteiger partial charge in [-0.05, 0) is 36.4 Å². The van der Waals surface area contributed by atoms with Crippen molar-refractivity contribution in [2.75, 3.05) is 5.32 Å². The van der Waals surface area contributed by atoms with Crippen molar-refractivity contribution in [1.29, 1.82) is 0 Å². The molecule has 3 aromatic rings. The molecule has 0 radical (unpaired) electrons. The first-order chi connectivity index (χ1) is 11.4. The van der Waals surface area contributed by atoms with E-state index in [0.717, 1.165) is 17.1 Å². The maximum atomic E-state index is 6.21. The Kier molecular flexibility index (Phi) is 2.88. The molecule has 0 aromatic heterocycles. The smallest absolute Gasteiger partial charge is 0.141 e. The maximum Gasteiger partial charge on any atom is 0.141 e. The summed E-state index contributed by atoms with van der Waals surface area (Å²) in [6.45, 7) is 0. The van der Waals surface area contributed by atoms with E-state index in [1.807, 2.05) is 30.0 Å². The van der Waals surface area contributed by atoms with Crippen LogP contribution in [-0.4, -0.2) is 0 Å². The minimum atomic E-state index is 0.151. The van der Waals surface area contributed by atoms with E-state index in [9.17, 15) is 0 Å². The molecule has 2 atom stereocenters. The van der Waals surface area contributed by atoms with Crippen molar-refractivity contribution in [3.05, 3.63) is 83.9 Å². The van der Waals surface area contributed by atoms with E-state index in [1.54, 1.807) is 0 Å². The second-order valence-electron chi connectivity index (χ2n) is 5.86. The third-order valence-corrected chi connectivity index (χ3v) is 5.77. The van der Waals surface area contributed by atoms with Gasteiger partial charge in [0, 0.05) is 27.4 Å². The molecule has 0 saturated heterocycles. The van der Waals surface area contributed by atoms with E-state index in [0.29, 0.717) is 5.25 Å². The van der Waals surface area contributed by atoms with Crippen LogP contribution < -0.4 is 10.1 Å². The molecule has 1 N–H and O–H groups in total. The molecule has 0 spiro atoms. The lowest BCUT2D eigenvalue weighted by molar-refractivity contribution is 0.237. The largest absolute Gasteiger partial charge is 0.484 e. The molecule has 2 aliphatic rings. The lowest BCUT2D eigenvalue weighted by Gasteiger charge is -2.09. The molecule has 112 valence electrons. The number of hydrogen-bond donors (Lipinski definition) is 1. The number of hydrogen-bond acceptors (Lipinski definition) is 3. The van der Waals surface area contributed by atoms with Gasteiger partial charge in [-0.15, -0.1) is 11.8 Å². The van der Waals surface area contributed by atoms with Crippen molar-refractivity contribution in [2.45, 2.75) is 16.2 Å². The first kappa shape index (κ1) is 13.1. The summed E-state index contributed by atoms with van der Waals surface area (Å²) in [5.74, 6) is 1.01. The minimum Gasteiger partial charge on any atom is -0.484 e. The van der Waals surface area contributed by atoms with Crippen molar-refractivity contribution >= 4 is 23.1 Å². The summed E-state index contributed by atoms with van der Waals surface area (Å²) >= 11 is 1.91. The molecular weight excluding hydrogens is 302 g/mol. The fraction of sp³-hybridized carbons (Fsp3) is 0.100. The Hall–Kier alpha value is -2.39. The first-order valence-electron chi connectivity index (χ1n) is 7.77. The SMILES string of the molecule is c1ccc(Nc2ccc3c(c2)C2Sc4ccccc4C2O3)cc1. The maximum absolute atomic E-state index is 6.21. The fourth-order valence-corrected chi connectivity index (χ4v) is 4.71. The molecule has 2 unspecified atom stereocenters. The molecule has 3 heteroatoms. The van der Waals surface area contributed by atoms with Gasteiger partial charge in [0.25, 0.3) is 0 Å². The highest BCUT2D eigenvalue weighted by molar-refractivity contribution is 8.00. The number of ether oxygens (including phenoxy) is 1. The van der Waals surface area contributed by atoms with E-state index in [1.165, 1.54) is 16.0 Å². The molecule has 2 heterocycles. The third-order valence-electron chi connectivity index (χ3n) is 4.39. The quantitative estimate of drug-likeness (QED) is 0.654. The van der Waals surface area contributed by atoms with Gasteiger partial charge in [0.15, 0.2) is 0 Å². The summed E-state index contributed by atoms with van der Waals surface area (Å²) in [6, 6.07) is 25.2. The van der Waals surface area contributed by atoms with Gasteiger partial charge < -0.3 is 10.1 Å². The van der Waals surface area contributed by atoms with Gasteiger partial charge in [0.1, 0.15) is 11.9 Å². The van der Waals surface area contributed by atoms with E-state index < -0.39 is 0 Å². The predicted molar refractivity (Wildman–Crippen MR) is 94.6 cm³/mol. The van der Waals surface area contributed by atoms with Gasteiger partial charge in [-0.3, -0.25) is 0 Å². The molecule has 0 amide bonds. The second kappa shape index (κ2) is 5.07. The molecule has 0 saturated carbocycles. The van der Waals surface area contributed by atoms with Gasteiger partial charge >= 0.3 is 0 Å². The highest BCUT2D eigenvalue weighted by Gasteiger charge is 2.42. The van der Waals surface area contributed by atoms with Crippen LogP contribution in [0.4, 0.5) is 11.4 Å². The topological polar surface area (TPSA) is 21.3 Å². The van der Waals surface area contributed by atoms with Crippen LogP contribution >= 0.6 is 11.8 Å². The highest BCUT2D eigenvalue weighted by atomic mass is 32.2. The van der Waals surface area contributed by atoms with E-state index in [-0.39, 0.29) is 6.10 Å². The van der Waals surface area contributed by atoms with Gasteiger partial charge in [-0.1, -0.05) is 36.4 Å². The molecule has 0 bridgehead atoms. The molecule has 3 aromatic carbocycles. The molecule has 5 rings (SSSR count). The summed E-state index contributed by atoms with van der Waals surface area (Å²) in [4.78, 5) is 1.34. The fourth-order valence-electron chi connectivity index (χ4n) is 3.32. The Balaban J connectivity index is 1.48. The normalized spacial score (nSPS) is 20.3. The number of nitrogens with one attached hydrogen (secondary N) is 1. The van der Waals surface area contributed by atoms with Crippen LogP contribution in [0.1, 0.15) is 22.5 Å². The van der Waals surface area contributed by atoms with Crippen LogP contribution in [0, 0.1) is 0 Å². The van der Waals surface area contributed by atoms with Crippen molar-refractivity contribution in [3.63, 3.8) is 0 Å². The highest BCUT2D eigenvalue weighted by Crippen LogP contribution is 2.60. The van der Waals surface area contributed by atoms with Crippen LogP contribution in [0.2, 0.25) is 0 Å². The zero-order valence-corrected chi connectivity index (χ0v) is 13.2. The predicted octanol–water partition coefficient (Wildman–Crippen LogP) is 5.71. The van der Waals surface area contributed by atoms with Crippen LogP contribution in [0.15, 0.2) is 77.7 Å². The number of rotatable bonds is 2. The van der Waals surface area contributed by atoms with Gasteiger partial charge in [0.2, 0.25) is 0 Å². The van der Waals surface area contributed by atoms with Crippen LogP contribution in [0.25, 0.3) is 0 Å². The Morgan fingerprint density at radius 3 is 2.52 bits per heavy atom. The molecular formula is C20H15NOS. The summed E-state index contributed by atoms with van der Waals surface area (Å²) in [5, 5.41) is 3.83. The number of fused-ring (bicyclic) bond motifs is 5. The third kappa shape index (κ3) is 2.12. The number of benzene rings is 3. The van der Waals surface area contributed by atoms with E-state index in [2.05, 4.69) is 59.9 Å². The molecule has 23 heavy (non-hydrogen) atoms. The van der Waals surface area contributed by atoms with Gasteiger partial charge in [-0.2, -0.15) is 0 Å². The number of thioether (sulfide) groups is 1. The van der Waals surface area contributed by atoms with Gasteiger partial charge in [0.05, 0.1) is 5.25 Å². The Bertz CT molecular complexity index is 878. The van der Waals surface area contributed by atoms with E-state index >= 15 is 0 Å². The summed E-state index contributed by atoms with van der Waals surface area (Å²) in [5.41, 5.74) is 4.81. The monoisotopic (exact) mass is 317 g/mol. The summed E-state index contributed by atoms with van der Waals surface area (Å²) < 4.78 is 6.21. The zero-order valence-electron chi connectivity index (χ0n) is 12.4. The van der Waals surface area contributed by atoms with Crippen LogP contribution in [0.3, 0.4) is 0 Å². The summed E-state index contributed by atoms with van der Waals surface area (Å²) in [7, 11) is 0. The second-order valence-corrected chi connectivity index (χ2v) is 7.04. The van der Waals surface area contributed by atoms with Crippen LogP contribution in [-0.2, 0) is 0 Å². The van der Waals surface area contributed by atoms with E-state index in [4.69, 9.17) is 4.74 Å². The van der Waals surface area contributed by atoms with Crippen molar-refractivity contribution in [1.82, 2.24) is 0 Å². The molecule has 0 fully saturated rings. The number of para-hydroxylation sites is 1. The van der Waals surface area contributed by atoms with Crippen molar-refractivity contribution in [3.8, 4) is 5.75 Å².